The van der Waals surface area contributed by atoms with Crippen LogP contribution in [0.3, 0.4) is 0 Å². The summed E-state index contributed by atoms with van der Waals surface area (Å²) < 4.78 is 5.80. The number of phenols is 3. The Morgan fingerprint density at radius 1 is 1.05 bits per heavy atom. The summed E-state index contributed by atoms with van der Waals surface area (Å²) in [4.78, 5) is 0. The van der Waals surface area contributed by atoms with Crippen molar-refractivity contribution in [2.45, 2.75) is 27.7 Å². The van der Waals surface area contributed by atoms with E-state index in [2.05, 4.69) is 0 Å². The molecule has 2 aromatic carbocycles. The number of hydrogen-bond acceptors (Lipinski definition) is 4. The van der Waals surface area contributed by atoms with E-state index in [0.29, 0.717) is 16.9 Å². The molecule has 0 aliphatic carbocycles. The standard InChI is InChI=1S/C18H20O4/c1-5-11(3)15-9-16(20)12(4)17(21)18(15)22-14-7-10(2)6-13(19)8-14/h5-9,19-21H,1-4H3. The zero-order valence-corrected chi connectivity index (χ0v) is 13.1. The van der Waals surface area contributed by atoms with Crippen LogP contribution in [0.15, 0.2) is 30.3 Å². The molecule has 0 aliphatic heterocycles. The van der Waals surface area contributed by atoms with E-state index >= 15 is 0 Å². The van der Waals surface area contributed by atoms with Gasteiger partial charge in [-0.05, 0) is 57.0 Å². The minimum absolute atomic E-state index is 0.00754. The number of phenolic OH excluding ortho intramolecular Hbond substituents is 3. The number of benzene rings is 2. The van der Waals surface area contributed by atoms with Crippen LogP contribution in [0.5, 0.6) is 28.7 Å². The Bertz CT molecular complexity index is 725. The normalized spacial score (nSPS) is 11.5. The smallest absolute Gasteiger partial charge is 0.177 e. The molecule has 0 amide bonds. The van der Waals surface area contributed by atoms with Gasteiger partial charge in [-0.2, -0.15) is 0 Å². The summed E-state index contributed by atoms with van der Waals surface area (Å²) >= 11 is 0. The van der Waals surface area contributed by atoms with Crippen LogP contribution in [-0.2, 0) is 0 Å². The molecule has 0 bridgehead atoms. The second-order valence-electron chi connectivity index (χ2n) is 5.32. The van der Waals surface area contributed by atoms with E-state index in [1.165, 1.54) is 6.07 Å². The van der Waals surface area contributed by atoms with Gasteiger partial charge in [0.25, 0.3) is 0 Å². The van der Waals surface area contributed by atoms with Gasteiger partial charge < -0.3 is 20.1 Å². The fraction of sp³-hybridized carbons (Fsp3) is 0.222. The molecule has 0 aromatic heterocycles. The van der Waals surface area contributed by atoms with Gasteiger partial charge in [-0.15, -0.1) is 0 Å². The lowest BCUT2D eigenvalue weighted by Crippen LogP contribution is -1.94. The molecule has 2 rings (SSSR count). The molecule has 0 radical (unpaired) electrons. The predicted octanol–water partition coefficient (Wildman–Crippen LogP) is 4.64. The molecule has 116 valence electrons. The van der Waals surface area contributed by atoms with Gasteiger partial charge in [0, 0.05) is 17.2 Å². The fourth-order valence-electron chi connectivity index (χ4n) is 2.19. The minimum atomic E-state index is -0.114. The molecule has 3 N–H and O–H groups in total. The average molecular weight is 300 g/mol. The highest BCUT2D eigenvalue weighted by Crippen LogP contribution is 2.44. The predicted molar refractivity (Wildman–Crippen MR) is 86.8 cm³/mol. The van der Waals surface area contributed by atoms with Crippen LogP contribution in [-0.4, -0.2) is 15.3 Å². The molecule has 22 heavy (non-hydrogen) atoms. The second-order valence-corrected chi connectivity index (χ2v) is 5.32. The van der Waals surface area contributed by atoms with E-state index in [-0.39, 0.29) is 23.0 Å². The SMILES string of the molecule is CC=C(C)c1cc(O)c(C)c(O)c1Oc1cc(C)cc(O)c1. The molecular formula is C18H20O4. The Balaban J connectivity index is 2.60. The van der Waals surface area contributed by atoms with Crippen molar-refractivity contribution in [3.05, 3.63) is 47.0 Å². The van der Waals surface area contributed by atoms with Gasteiger partial charge in [0.05, 0.1) is 0 Å². The largest absolute Gasteiger partial charge is 0.508 e. The Morgan fingerprint density at radius 2 is 1.73 bits per heavy atom. The summed E-state index contributed by atoms with van der Waals surface area (Å²) in [5.41, 5.74) is 2.65. The monoisotopic (exact) mass is 300 g/mol. The minimum Gasteiger partial charge on any atom is -0.508 e. The number of allylic oxidation sites excluding steroid dienone is 2. The topological polar surface area (TPSA) is 69.9 Å². The maximum atomic E-state index is 10.3. The van der Waals surface area contributed by atoms with Crippen LogP contribution in [0.1, 0.15) is 30.5 Å². The van der Waals surface area contributed by atoms with Crippen LogP contribution in [0.2, 0.25) is 0 Å². The van der Waals surface area contributed by atoms with Gasteiger partial charge in [0.2, 0.25) is 0 Å². The van der Waals surface area contributed by atoms with Gasteiger partial charge in [-0.3, -0.25) is 0 Å². The molecule has 0 heterocycles. The zero-order chi connectivity index (χ0) is 16.4. The highest BCUT2D eigenvalue weighted by Gasteiger charge is 2.18. The van der Waals surface area contributed by atoms with Crippen molar-refractivity contribution < 1.29 is 20.1 Å². The maximum Gasteiger partial charge on any atom is 0.177 e. The number of aromatic hydroxyl groups is 3. The Hall–Kier alpha value is -2.62. The molecule has 0 spiro atoms. The first kappa shape index (κ1) is 15.8. The third-order valence-corrected chi connectivity index (χ3v) is 3.59. The van der Waals surface area contributed by atoms with E-state index < -0.39 is 0 Å². The van der Waals surface area contributed by atoms with E-state index in [4.69, 9.17) is 4.74 Å². The number of aryl methyl sites for hydroxylation is 1. The first-order chi connectivity index (χ1) is 10.3. The van der Waals surface area contributed by atoms with Crippen LogP contribution < -0.4 is 4.74 Å². The average Bonchev–Trinajstić information content (AvgIpc) is 2.46. The van der Waals surface area contributed by atoms with E-state index in [1.54, 1.807) is 25.1 Å². The van der Waals surface area contributed by atoms with E-state index in [1.807, 2.05) is 26.8 Å². The van der Waals surface area contributed by atoms with Crippen molar-refractivity contribution in [1.29, 1.82) is 0 Å². The number of rotatable bonds is 3. The molecule has 0 atom stereocenters. The second kappa shape index (κ2) is 6.02. The summed E-state index contributed by atoms with van der Waals surface area (Å²) in [7, 11) is 0. The molecule has 0 saturated carbocycles. The van der Waals surface area contributed by atoms with Crippen LogP contribution in [0, 0.1) is 13.8 Å². The lowest BCUT2D eigenvalue weighted by atomic mass is 10.0. The van der Waals surface area contributed by atoms with Gasteiger partial charge in [-0.1, -0.05) is 6.08 Å². The molecule has 4 nitrogen and oxygen atoms in total. The lowest BCUT2D eigenvalue weighted by Gasteiger charge is -2.16. The van der Waals surface area contributed by atoms with Crippen molar-refractivity contribution >= 4 is 5.57 Å². The highest BCUT2D eigenvalue weighted by molar-refractivity contribution is 5.75. The van der Waals surface area contributed by atoms with Crippen LogP contribution >= 0.6 is 0 Å². The van der Waals surface area contributed by atoms with Crippen LogP contribution in [0.25, 0.3) is 5.57 Å². The Morgan fingerprint density at radius 3 is 2.32 bits per heavy atom. The van der Waals surface area contributed by atoms with Crippen molar-refractivity contribution in [2.24, 2.45) is 0 Å². The number of hydrogen-bond donors (Lipinski definition) is 3. The van der Waals surface area contributed by atoms with Gasteiger partial charge in [0.1, 0.15) is 17.2 Å². The summed E-state index contributed by atoms with van der Waals surface area (Å²) in [6.07, 6.45) is 1.87. The molecule has 0 unspecified atom stereocenters. The van der Waals surface area contributed by atoms with Gasteiger partial charge in [-0.25, -0.2) is 0 Å². The third-order valence-electron chi connectivity index (χ3n) is 3.59. The molecular weight excluding hydrogens is 280 g/mol. The van der Waals surface area contributed by atoms with E-state index in [0.717, 1.165) is 11.1 Å². The zero-order valence-electron chi connectivity index (χ0n) is 13.1. The fourth-order valence-corrected chi connectivity index (χ4v) is 2.19. The summed E-state index contributed by atoms with van der Waals surface area (Å²) in [6, 6.07) is 6.42. The molecule has 0 saturated heterocycles. The van der Waals surface area contributed by atoms with Crippen molar-refractivity contribution in [3.8, 4) is 28.7 Å². The molecule has 4 heteroatoms. The Labute approximate surface area is 129 Å². The van der Waals surface area contributed by atoms with Gasteiger partial charge in [0.15, 0.2) is 11.5 Å². The third kappa shape index (κ3) is 3.01. The van der Waals surface area contributed by atoms with Crippen molar-refractivity contribution in [2.75, 3.05) is 0 Å². The quantitative estimate of drug-likeness (QED) is 0.772. The van der Waals surface area contributed by atoms with Crippen molar-refractivity contribution in [3.63, 3.8) is 0 Å². The number of ether oxygens (including phenoxy) is 1. The summed E-state index contributed by atoms with van der Waals surface area (Å²) in [6.45, 7) is 7.18. The first-order valence-corrected chi connectivity index (χ1v) is 7.00. The van der Waals surface area contributed by atoms with Gasteiger partial charge >= 0.3 is 0 Å². The summed E-state index contributed by atoms with van der Waals surface area (Å²) in [5, 5.41) is 29.9. The molecule has 0 aliphatic rings. The maximum absolute atomic E-state index is 10.3. The first-order valence-electron chi connectivity index (χ1n) is 7.00. The summed E-state index contributed by atoms with van der Waals surface area (Å²) in [5.74, 6) is 0.665. The van der Waals surface area contributed by atoms with Crippen molar-refractivity contribution in [1.82, 2.24) is 0 Å². The molecule has 0 fully saturated rings. The molecule has 2 aromatic rings. The Kier molecular flexibility index (Phi) is 4.31. The lowest BCUT2D eigenvalue weighted by molar-refractivity contribution is 0.395. The highest BCUT2D eigenvalue weighted by atomic mass is 16.5. The van der Waals surface area contributed by atoms with Crippen LogP contribution in [0.4, 0.5) is 0 Å². The van der Waals surface area contributed by atoms with E-state index in [9.17, 15) is 15.3 Å².